The first-order valence-electron chi connectivity index (χ1n) is 6.90. The summed E-state index contributed by atoms with van der Waals surface area (Å²) in [5, 5.41) is 13.2. The molecule has 1 aliphatic rings. The third-order valence-electron chi connectivity index (χ3n) is 3.75. The van der Waals surface area contributed by atoms with Crippen LogP contribution < -0.4 is 5.32 Å². The minimum atomic E-state index is -0.295. The van der Waals surface area contributed by atoms with Gasteiger partial charge >= 0.3 is 0 Å². The van der Waals surface area contributed by atoms with Crippen LogP contribution in [0.5, 0.6) is 0 Å². The monoisotopic (exact) mass is 299 g/mol. The Kier molecular flexibility index (Phi) is 2.92. The molecule has 0 spiro atoms. The zero-order valence-electron chi connectivity index (χ0n) is 11.2. The summed E-state index contributed by atoms with van der Waals surface area (Å²) in [4.78, 5) is 16.6. The molecule has 2 aromatic heterocycles. The van der Waals surface area contributed by atoms with E-state index in [0.29, 0.717) is 5.13 Å². The Morgan fingerprint density at radius 3 is 3.05 bits per heavy atom. The van der Waals surface area contributed by atoms with Crippen molar-refractivity contribution in [3.8, 4) is 0 Å². The largest absolute Gasteiger partial charge is 0.296 e. The van der Waals surface area contributed by atoms with E-state index in [1.807, 2.05) is 0 Å². The van der Waals surface area contributed by atoms with Crippen LogP contribution >= 0.6 is 11.3 Å². The van der Waals surface area contributed by atoms with E-state index >= 15 is 0 Å². The molecule has 0 saturated heterocycles. The lowest BCUT2D eigenvalue weighted by atomic mass is 9.91. The van der Waals surface area contributed by atoms with Crippen LogP contribution in [0.4, 0.5) is 5.13 Å². The van der Waals surface area contributed by atoms with Crippen molar-refractivity contribution < 1.29 is 4.79 Å². The molecule has 0 unspecified atom stereocenters. The molecule has 2 heterocycles. The van der Waals surface area contributed by atoms with Gasteiger partial charge in [0.1, 0.15) is 0 Å². The highest BCUT2D eigenvalue weighted by Crippen LogP contribution is 2.33. The summed E-state index contributed by atoms with van der Waals surface area (Å²) in [6, 6.07) is 4.29. The quantitative estimate of drug-likeness (QED) is 0.761. The molecule has 0 bridgehead atoms. The maximum Gasteiger partial charge on any atom is 0.279 e. The molecule has 0 aliphatic heterocycles. The van der Waals surface area contributed by atoms with Crippen molar-refractivity contribution in [3.63, 3.8) is 0 Å². The molecule has 1 amide bonds. The van der Waals surface area contributed by atoms with Gasteiger partial charge in [0.25, 0.3) is 5.91 Å². The van der Waals surface area contributed by atoms with Gasteiger partial charge in [-0.15, -0.1) is 0 Å². The molecule has 1 aromatic carbocycles. The van der Waals surface area contributed by atoms with Gasteiger partial charge in [-0.2, -0.15) is 15.4 Å². The van der Waals surface area contributed by atoms with Crippen molar-refractivity contribution >= 4 is 32.6 Å². The molecule has 6 nitrogen and oxygen atoms in total. The normalized spacial score (nSPS) is 14.1. The number of aromatic nitrogens is 4. The standard InChI is InChI=1S/C14H13N5OS/c20-13(10-7-15-19-18-10)17-14-16-12-9-4-2-1-3-8(9)5-6-11(12)21-14/h5-7H,1-4H2,(H,15,18,19)(H,16,17,20). The summed E-state index contributed by atoms with van der Waals surface area (Å²) in [5.41, 5.74) is 4.04. The molecule has 0 fully saturated rings. The highest BCUT2D eigenvalue weighted by atomic mass is 32.1. The van der Waals surface area contributed by atoms with Gasteiger partial charge in [0.05, 0.1) is 16.4 Å². The van der Waals surface area contributed by atoms with Crippen molar-refractivity contribution in [2.24, 2.45) is 0 Å². The molecule has 0 saturated carbocycles. The van der Waals surface area contributed by atoms with Crippen molar-refractivity contribution in [2.75, 3.05) is 5.32 Å². The fraction of sp³-hybridized carbons (Fsp3) is 0.286. The number of anilines is 1. The molecule has 0 radical (unpaired) electrons. The number of hydrogen-bond acceptors (Lipinski definition) is 5. The van der Waals surface area contributed by atoms with Crippen LogP contribution in [-0.4, -0.2) is 26.3 Å². The van der Waals surface area contributed by atoms with Gasteiger partial charge in [-0.25, -0.2) is 4.98 Å². The van der Waals surface area contributed by atoms with Crippen LogP contribution in [0.1, 0.15) is 34.5 Å². The van der Waals surface area contributed by atoms with Crippen molar-refractivity contribution in [2.45, 2.75) is 25.7 Å². The number of thiazole rings is 1. The maximum atomic E-state index is 12.0. The van der Waals surface area contributed by atoms with Crippen LogP contribution in [0.2, 0.25) is 0 Å². The molecule has 21 heavy (non-hydrogen) atoms. The van der Waals surface area contributed by atoms with Crippen LogP contribution in [0.15, 0.2) is 18.3 Å². The number of amides is 1. The number of aromatic amines is 1. The minimum absolute atomic E-state index is 0.260. The van der Waals surface area contributed by atoms with Crippen LogP contribution in [0.3, 0.4) is 0 Å². The summed E-state index contributed by atoms with van der Waals surface area (Å²) in [6.07, 6.45) is 6.06. The van der Waals surface area contributed by atoms with Crippen molar-refractivity contribution in [1.29, 1.82) is 0 Å². The van der Waals surface area contributed by atoms with Gasteiger partial charge in [0, 0.05) is 0 Å². The second-order valence-corrected chi connectivity index (χ2v) is 6.12. The summed E-state index contributed by atoms with van der Waals surface area (Å²) in [6.45, 7) is 0. The van der Waals surface area contributed by atoms with Crippen LogP contribution in [0, 0.1) is 0 Å². The summed E-state index contributed by atoms with van der Waals surface area (Å²) in [7, 11) is 0. The first kappa shape index (κ1) is 12.5. The Balaban J connectivity index is 1.69. The van der Waals surface area contributed by atoms with E-state index in [-0.39, 0.29) is 11.6 Å². The molecule has 3 aromatic rings. The lowest BCUT2D eigenvalue weighted by Crippen LogP contribution is -2.12. The number of carbonyl (C=O) groups excluding carboxylic acids is 1. The van der Waals surface area contributed by atoms with E-state index in [2.05, 4.69) is 37.8 Å². The fourth-order valence-electron chi connectivity index (χ4n) is 2.75. The van der Waals surface area contributed by atoms with E-state index < -0.39 is 0 Å². The van der Waals surface area contributed by atoms with E-state index in [1.165, 1.54) is 41.5 Å². The first-order chi connectivity index (χ1) is 10.3. The van der Waals surface area contributed by atoms with Crippen molar-refractivity contribution in [3.05, 3.63) is 35.2 Å². The average molecular weight is 299 g/mol. The fourth-order valence-corrected chi connectivity index (χ4v) is 3.64. The van der Waals surface area contributed by atoms with Crippen LogP contribution in [0.25, 0.3) is 10.2 Å². The SMILES string of the molecule is O=C(Nc1nc2c3c(ccc2s1)CCCC3)c1cn[nH]n1. The highest BCUT2D eigenvalue weighted by Gasteiger charge is 2.17. The Morgan fingerprint density at radius 1 is 1.29 bits per heavy atom. The second kappa shape index (κ2) is 4.92. The van der Waals surface area contributed by atoms with Gasteiger partial charge in [0.2, 0.25) is 0 Å². The van der Waals surface area contributed by atoms with E-state index in [0.717, 1.165) is 23.1 Å². The van der Waals surface area contributed by atoms with Gasteiger partial charge in [-0.1, -0.05) is 17.4 Å². The smallest absolute Gasteiger partial charge is 0.279 e. The number of fused-ring (bicyclic) bond motifs is 3. The van der Waals surface area contributed by atoms with E-state index in [4.69, 9.17) is 0 Å². The van der Waals surface area contributed by atoms with Gasteiger partial charge in [-0.05, 0) is 42.9 Å². The number of H-pyrrole nitrogens is 1. The number of nitrogens with zero attached hydrogens (tertiary/aromatic N) is 3. The molecule has 7 heteroatoms. The third-order valence-corrected chi connectivity index (χ3v) is 4.69. The molecule has 2 N–H and O–H groups in total. The maximum absolute atomic E-state index is 12.0. The number of hydrogen-bond donors (Lipinski definition) is 2. The molecule has 4 rings (SSSR count). The Labute approximate surface area is 124 Å². The van der Waals surface area contributed by atoms with Gasteiger partial charge < -0.3 is 0 Å². The van der Waals surface area contributed by atoms with Crippen LogP contribution in [-0.2, 0) is 12.8 Å². The Hall–Kier alpha value is -2.28. The zero-order valence-corrected chi connectivity index (χ0v) is 12.0. The number of rotatable bonds is 2. The number of aryl methyl sites for hydroxylation is 2. The molecular weight excluding hydrogens is 286 g/mol. The Morgan fingerprint density at radius 2 is 2.19 bits per heavy atom. The number of carbonyl (C=O) groups is 1. The number of benzene rings is 1. The summed E-state index contributed by atoms with van der Waals surface area (Å²) >= 11 is 1.49. The molecule has 106 valence electrons. The van der Waals surface area contributed by atoms with Crippen molar-refractivity contribution in [1.82, 2.24) is 20.4 Å². The summed E-state index contributed by atoms with van der Waals surface area (Å²) < 4.78 is 1.12. The predicted molar refractivity (Wildman–Crippen MR) is 80.6 cm³/mol. The minimum Gasteiger partial charge on any atom is -0.296 e. The summed E-state index contributed by atoms with van der Waals surface area (Å²) in [5.74, 6) is -0.295. The van der Waals surface area contributed by atoms with Gasteiger partial charge in [-0.3, -0.25) is 10.1 Å². The first-order valence-corrected chi connectivity index (χ1v) is 7.71. The van der Waals surface area contributed by atoms with E-state index in [1.54, 1.807) is 0 Å². The lowest BCUT2D eigenvalue weighted by molar-refractivity contribution is 0.102. The topological polar surface area (TPSA) is 83.6 Å². The van der Waals surface area contributed by atoms with Gasteiger partial charge in [0.15, 0.2) is 10.8 Å². The second-order valence-electron chi connectivity index (χ2n) is 5.09. The molecule has 0 atom stereocenters. The highest BCUT2D eigenvalue weighted by molar-refractivity contribution is 7.22. The predicted octanol–water partition coefficient (Wildman–Crippen LogP) is 2.55. The molecular formula is C14H13N5OS. The Bertz CT molecular complexity index is 808. The number of nitrogens with one attached hydrogen (secondary N) is 2. The van der Waals surface area contributed by atoms with E-state index in [9.17, 15) is 4.79 Å². The lowest BCUT2D eigenvalue weighted by Gasteiger charge is -2.15. The average Bonchev–Trinajstić information content (AvgIpc) is 3.16. The zero-order chi connectivity index (χ0) is 14.2. The molecule has 1 aliphatic carbocycles. The third kappa shape index (κ3) is 2.19.